The van der Waals surface area contributed by atoms with E-state index in [1.54, 1.807) is 13.0 Å². The molecule has 0 aliphatic carbocycles. The van der Waals surface area contributed by atoms with Crippen LogP contribution in [0.2, 0.25) is 0 Å². The van der Waals surface area contributed by atoms with Gasteiger partial charge in [0, 0.05) is 31.8 Å². The van der Waals surface area contributed by atoms with Gasteiger partial charge in [-0.3, -0.25) is 4.79 Å². The van der Waals surface area contributed by atoms with E-state index in [1.165, 1.54) is 11.0 Å². The summed E-state index contributed by atoms with van der Waals surface area (Å²) in [4.78, 5) is 24.9. The number of carboxylic acids is 1. The highest BCUT2D eigenvalue weighted by Gasteiger charge is 2.41. The Labute approximate surface area is 143 Å². The van der Waals surface area contributed by atoms with E-state index in [4.69, 9.17) is 5.11 Å². The molecule has 1 amide bonds. The summed E-state index contributed by atoms with van der Waals surface area (Å²) in [7, 11) is 0. The number of benzene rings is 1. The molecule has 0 spiro atoms. The van der Waals surface area contributed by atoms with Gasteiger partial charge in [0.05, 0.1) is 5.56 Å². The van der Waals surface area contributed by atoms with Gasteiger partial charge in [0.15, 0.2) is 5.60 Å². The number of hydrogen-bond donors (Lipinski definition) is 2. The third-order valence-electron chi connectivity index (χ3n) is 4.52. The Morgan fingerprint density at radius 1 is 1.28 bits per heavy atom. The number of rotatable bonds is 4. The molecule has 0 radical (unpaired) electrons. The van der Waals surface area contributed by atoms with Crippen LogP contribution in [0.4, 0.5) is 13.2 Å². The Bertz CT molecular complexity index is 652. The molecule has 1 fully saturated rings. The second-order valence-electron chi connectivity index (χ2n) is 6.47. The minimum Gasteiger partial charge on any atom is -0.479 e. The summed E-state index contributed by atoms with van der Waals surface area (Å²) in [5, 5.41) is 18.9. The molecule has 2 rings (SSSR count). The average Bonchev–Trinajstić information content (AvgIpc) is 2.54. The van der Waals surface area contributed by atoms with Crippen molar-refractivity contribution in [2.75, 3.05) is 13.1 Å². The Morgan fingerprint density at radius 3 is 2.40 bits per heavy atom. The van der Waals surface area contributed by atoms with E-state index in [1.807, 2.05) is 0 Å². The van der Waals surface area contributed by atoms with E-state index >= 15 is 0 Å². The van der Waals surface area contributed by atoms with Gasteiger partial charge in [-0.15, -0.1) is 0 Å². The Kier molecular flexibility index (Phi) is 5.41. The fraction of sp³-hybridized carbons (Fsp3) is 0.529. The van der Waals surface area contributed by atoms with Crippen LogP contribution in [0.3, 0.4) is 0 Å². The molecule has 5 nitrogen and oxygen atoms in total. The number of nitrogens with zero attached hydrogens (tertiary/aromatic N) is 1. The van der Waals surface area contributed by atoms with Crippen molar-refractivity contribution >= 4 is 11.9 Å². The molecule has 1 aliphatic heterocycles. The van der Waals surface area contributed by atoms with Gasteiger partial charge in [-0.05, 0) is 18.1 Å². The van der Waals surface area contributed by atoms with E-state index in [0.717, 1.165) is 12.1 Å². The summed E-state index contributed by atoms with van der Waals surface area (Å²) in [5.74, 6) is -2.11. The number of carbonyl (C=O) groups is 2. The smallest absolute Gasteiger partial charge is 0.416 e. The van der Waals surface area contributed by atoms with E-state index in [0.29, 0.717) is 5.56 Å². The summed E-state index contributed by atoms with van der Waals surface area (Å²) in [6.45, 7) is 1.84. The SMILES string of the molecule is CC(Cc1cccc(C(F)(F)F)c1)C(=O)N1CCC(O)(C(=O)O)CC1. The third kappa shape index (κ3) is 4.50. The summed E-state index contributed by atoms with van der Waals surface area (Å²) in [6, 6.07) is 4.86. The molecule has 1 saturated heterocycles. The van der Waals surface area contributed by atoms with Gasteiger partial charge in [0.1, 0.15) is 0 Å². The van der Waals surface area contributed by atoms with E-state index < -0.39 is 29.2 Å². The number of aliphatic hydroxyl groups is 1. The molecule has 1 unspecified atom stereocenters. The standard InChI is InChI=1S/C17H20F3NO4/c1-11(9-12-3-2-4-13(10-12)17(18,19)20)14(22)21-7-5-16(25,6-8-21)15(23)24/h2-4,10-11,25H,5-9H2,1H3,(H,23,24). The van der Waals surface area contributed by atoms with Gasteiger partial charge < -0.3 is 15.1 Å². The van der Waals surface area contributed by atoms with Crippen molar-refractivity contribution in [2.24, 2.45) is 5.92 Å². The molecule has 2 N–H and O–H groups in total. The number of carboxylic acid groups (broad SMARTS) is 1. The lowest BCUT2D eigenvalue weighted by Gasteiger charge is -2.36. The van der Waals surface area contributed by atoms with Crippen molar-refractivity contribution in [3.63, 3.8) is 0 Å². The normalized spacial score (nSPS) is 18.7. The van der Waals surface area contributed by atoms with Gasteiger partial charge >= 0.3 is 12.1 Å². The quantitative estimate of drug-likeness (QED) is 0.865. The summed E-state index contributed by atoms with van der Waals surface area (Å²) >= 11 is 0. The van der Waals surface area contributed by atoms with Crippen LogP contribution in [0.25, 0.3) is 0 Å². The fourth-order valence-electron chi connectivity index (χ4n) is 2.94. The number of alkyl halides is 3. The Morgan fingerprint density at radius 2 is 1.88 bits per heavy atom. The average molecular weight is 359 g/mol. The molecular weight excluding hydrogens is 339 g/mol. The first kappa shape index (κ1) is 19.2. The van der Waals surface area contributed by atoms with E-state index in [-0.39, 0.29) is 38.3 Å². The zero-order valence-electron chi connectivity index (χ0n) is 13.7. The molecule has 1 heterocycles. The van der Waals surface area contributed by atoms with Crippen molar-refractivity contribution in [1.82, 2.24) is 4.90 Å². The van der Waals surface area contributed by atoms with Crippen LogP contribution in [0.1, 0.15) is 30.9 Å². The van der Waals surface area contributed by atoms with Crippen molar-refractivity contribution in [3.05, 3.63) is 35.4 Å². The molecule has 25 heavy (non-hydrogen) atoms. The molecule has 8 heteroatoms. The number of piperidine rings is 1. The van der Waals surface area contributed by atoms with E-state index in [9.17, 15) is 27.9 Å². The van der Waals surface area contributed by atoms with Crippen molar-refractivity contribution in [3.8, 4) is 0 Å². The highest BCUT2D eigenvalue weighted by atomic mass is 19.4. The van der Waals surface area contributed by atoms with E-state index in [2.05, 4.69) is 0 Å². The van der Waals surface area contributed by atoms with Crippen molar-refractivity contribution in [1.29, 1.82) is 0 Å². The predicted molar refractivity (Wildman–Crippen MR) is 82.7 cm³/mol. The van der Waals surface area contributed by atoms with Crippen LogP contribution >= 0.6 is 0 Å². The summed E-state index contributed by atoms with van der Waals surface area (Å²) < 4.78 is 38.2. The largest absolute Gasteiger partial charge is 0.479 e. The summed E-state index contributed by atoms with van der Waals surface area (Å²) in [5.41, 5.74) is -2.16. The Balaban J connectivity index is 1.99. The lowest BCUT2D eigenvalue weighted by molar-refractivity contribution is -0.165. The first-order valence-corrected chi connectivity index (χ1v) is 7.93. The number of carbonyl (C=O) groups excluding carboxylic acids is 1. The highest BCUT2D eigenvalue weighted by Crippen LogP contribution is 2.30. The molecule has 1 atom stereocenters. The molecule has 1 aliphatic rings. The zero-order valence-corrected chi connectivity index (χ0v) is 13.7. The molecule has 0 saturated carbocycles. The molecule has 0 aromatic heterocycles. The lowest BCUT2D eigenvalue weighted by Crippen LogP contribution is -2.51. The third-order valence-corrected chi connectivity index (χ3v) is 4.52. The maximum Gasteiger partial charge on any atom is 0.416 e. The van der Waals surface area contributed by atoms with Crippen molar-refractivity contribution < 1.29 is 33.0 Å². The fourth-order valence-corrected chi connectivity index (χ4v) is 2.94. The number of hydrogen-bond acceptors (Lipinski definition) is 3. The first-order valence-electron chi connectivity index (χ1n) is 7.93. The second-order valence-corrected chi connectivity index (χ2v) is 6.47. The first-order chi connectivity index (χ1) is 11.5. The number of likely N-dealkylation sites (tertiary alicyclic amines) is 1. The number of aliphatic carboxylic acids is 1. The van der Waals surface area contributed by atoms with Crippen LogP contribution < -0.4 is 0 Å². The Hall–Kier alpha value is -2.09. The van der Waals surface area contributed by atoms with Gasteiger partial charge in [-0.2, -0.15) is 13.2 Å². The topological polar surface area (TPSA) is 77.8 Å². The predicted octanol–water partition coefficient (Wildman–Crippen LogP) is 2.32. The monoisotopic (exact) mass is 359 g/mol. The molecule has 1 aromatic carbocycles. The van der Waals surface area contributed by atoms with Crippen molar-refractivity contribution in [2.45, 2.75) is 38.0 Å². The van der Waals surface area contributed by atoms with Gasteiger partial charge in [-0.1, -0.05) is 25.1 Å². The van der Waals surface area contributed by atoms with Gasteiger partial charge in [-0.25, -0.2) is 4.79 Å². The maximum atomic E-state index is 12.7. The molecular formula is C17H20F3NO4. The van der Waals surface area contributed by atoms with Gasteiger partial charge in [0.25, 0.3) is 0 Å². The molecule has 1 aromatic rings. The van der Waals surface area contributed by atoms with Crippen LogP contribution in [0.15, 0.2) is 24.3 Å². The van der Waals surface area contributed by atoms with Crippen LogP contribution in [0.5, 0.6) is 0 Å². The number of amides is 1. The zero-order chi connectivity index (χ0) is 18.8. The van der Waals surface area contributed by atoms with Gasteiger partial charge in [0.2, 0.25) is 5.91 Å². The molecule has 0 bridgehead atoms. The molecule has 138 valence electrons. The lowest BCUT2D eigenvalue weighted by atomic mass is 9.90. The minimum absolute atomic E-state index is 0.0651. The van der Waals surface area contributed by atoms with Crippen LogP contribution in [-0.2, 0) is 22.2 Å². The number of halogens is 3. The van der Waals surface area contributed by atoms with Crippen LogP contribution in [-0.4, -0.2) is 45.7 Å². The van der Waals surface area contributed by atoms with Crippen LogP contribution in [0, 0.1) is 5.92 Å². The second kappa shape index (κ2) is 7.03. The summed E-state index contributed by atoms with van der Waals surface area (Å²) in [6.07, 6.45) is -4.41. The maximum absolute atomic E-state index is 12.7. The minimum atomic E-state index is -4.43. The highest BCUT2D eigenvalue weighted by molar-refractivity contribution is 5.80.